The van der Waals surface area contributed by atoms with E-state index in [1.807, 2.05) is 0 Å². The Morgan fingerprint density at radius 3 is 2.81 bits per heavy atom. The van der Waals surface area contributed by atoms with Crippen molar-refractivity contribution in [2.75, 3.05) is 26.4 Å². The monoisotopic (exact) mass is 230 g/mol. The Bertz CT molecular complexity index is 274. The number of nitrogens with two attached hydrogens (primary N) is 1. The minimum atomic E-state index is -1.14. The highest BCUT2D eigenvalue weighted by atomic mass is 16.5. The smallest absolute Gasteiger partial charge is 0.408 e. The summed E-state index contributed by atoms with van der Waals surface area (Å²) in [6.45, 7) is 0.120. The van der Waals surface area contributed by atoms with Gasteiger partial charge in [0.2, 0.25) is 0 Å². The van der Waals surface area contributed by atoms with Crippen molar-refractivity contribution >= 4 is 12.1 Å². The summed E-state index contributed by atoms with van der Waals surface area (Å²) < 4.78 is 9.39. The van der Waals surface area contributed by atoms with Gasteiger partial charge < -0.3 is 25.6 Å². The first-order chi connectivity index (χ1) is 7.57. The molecule has 7 nitrogen and oxygen atoms in total. The van der Waals surface area contributed by atoms with Crippen LogP contribution in [0.25, 0.3) is 0 Å². The summed E-state index contributed by atoms with van der Waals surface area (Å²) in [7, 11) is 0. The third-order valence-corrected chi connectivity index (χ3v) is 1.42. The average Bonchev–Trinajstić information content (AvgIpc) is 2.25. The second-order valence-corrected chi connectivity index (χ2v) is 2.73. The zero-order valence-electron chi connectivity index (χ0n) is 8.64. The van der Waals surface area contributed by atoms with Crippen LogP contribution in [0.1, 0.15) is 0 Å². The predicted molar refractivity (Wildman–Crippen MR) is 54.6 cm³/mol. The van der Waals surface area contributed by atoms with E-state index in [1.54, 1.807) is 0 Å². The molecule has 0 rings (SSSR count). The maximum Gasteiger partial charge on any atom is 0.408 e. The number of aliphatic carboxylic acids is 1. The first-order valence-corrected chi connectivity index (χ1v) is 4.48. The van der Waals surface area contributed by atoms with Crippen molar-refractivity contribution in [1.29, 1.82) is 0 Å². The lowest BCUT2D eigenvalue weighted by Crippen LogP contribution is -2.36. The molecule has 4 N–H and O–H groups in total. The van der Waals surface area contributed by atoms with Crippen molar-refractivity contribution in [2.45, 2.75) is 6.04 Å². The number of rotatable bonds is 7. The minimum Gasteiger partial charge on any atom is -0.480 e. The van der Waals surface area contributed by atoms with E-state index in [4.69, 9.17) is 22.0 Å². The molecule has 0 aliphatic carbocycles. The Morgan fingerprint density at radius 2 is 2.25 bits per heavy atom. The third kappa shape index (κ3) is 7.61. The second-order valence-electron chi connectivity index (χ2n) is 2.73. The van der Waals surface area contributed by atoms with Gasteiger partial charge in [-0.3, -0.25) is 4.79 Å². The Hall–Kier alpha value is -1.78. The highest BCUT2D eigenvalue weighted by Crippen LogP contribution is 1.82. The molecule has 0 unspecified atom stereocenters. The van der Waals surface area contributed by atoms with Crippen LogP contribution in [-0.2, 0) is 14.3 Å². The van der Waals surface area contributed by atoms with E-state index in [9.17, 15) is 9.59 Å². The van der Waals surface area contributed by atoms with Crippen molar-refractivity contribution in [2.24, 2.45) is 5.73 Å². The number of alkyl carbamates (subject to hydrolysis) is 1. The van der Waals surface area contributed by atoms with Crippen molar-refractivity contribution in [1.82, 2.24) is 5.32 Å². The minimum absolute atomic E-state index is 0.101. The molecule has 1 amide bonds. The molecule has 90 valence electrons. The zero-order valence-corrected chi connectivity index (χ0v) is 8.64. The molecular formula is C9H14N2O5. The Labute approximate surface area is 92.9 Å². The van der Waals surface area contributed by atoms with E-state index in [-0.39, 0.29) is 26.4 Å². The SMILES string of the molecule is C#CCOC(=O)NCCOC[C@H](N)C(=O)O. The molecule has 0 fully saturated rings. The summed E-state index contributed by atoms with van der Waals surface area (Å²) in [5, 5.41) is 10.8. The summed E-state index contributed by atoms with van der Waals surface area (Å²) >= 11 is 0. The molecule has 0 saturated carbocycles. The number of carboxylic acid groups (broad SMARTS) is 1. The van der Waals surface area contributed by atoms with Gasteiger partial charge in [0.15, 0.2) is 6.61 Å². The average molecular weight is 230 g/mol. The molecule has 0 aromatic heterocycles. The maximum atomic E-state index is 10.8. The van der Waals surface area contributed by atoms with Gasteiger partial charge in [-0.05, 0) is 0 Å². The van der Waals surface area contributed by atoms with E-state index in [0.29, 0.717) is 0 Å². The van der Waals surface area contributed by atoms with Crippen LogP contribution in [0.15, 0.2) is 0 Å². The summed E-state index contributed by atoms with van der Waals surface area (Å²) in [5.41, 5.74) is 5.17. The number of hydrogen-bond donors (Lipinski definition) is 3. The highest BCUT2D eigenvalue weighted by molar-refractivity contribution is 5.73. The number of nitrogens with one attached hydrogen (secondary N) is 1. The van der Waals surface area contributed by atoms with Gasteiger partial charge in [0.25, 0.3) is 0 Å². The largest absolute Gasteiger partial charge is 0.480 e. The Kier molecular flexibility index (Phi) is 7.57. The number of hydrogen-bond acceptors (Lipinski definition) is 5. The summed E-state index contributed by atoms with van der Waals surface area (Å²) in [5.74, 6) is 0.994. The van der Waals surface area contributed by atoms with Crippen LogP contribution in [0, 0.1) is 12.3 Å². The molecule has 0 aromatic carbocycles. The summed E-state index contributed by atoms with van der Waals surface area (Å²) in [6.07, 6.45) is 4.22. The van der Waals surface area contributed by atoms with Gasteiger partial charge >= 0.3 is 12.1 Å². The van der Waals surface area contributed by atoms with E-state index >= 15 is 0 Å². The molecule has 0 aliphatic rings. The first kappa shape index (κ1) is 14.2. The van der Waals surface area contributed by atoms with Crippen LogP contribution in [-0.4, -0.2) is 49.6 Å². The first-order valence-electron chi connectivity index (χ1n) is 4.48. The lowest BCUT2D eigenvalue weighted by atomic mass is 10.3. The molecule has 0 aromatic rings. The van der Waals surface area contributed by atoms with Crippen LogP contribution >= 0.6 is 0 Å². The lowest BCUT2D eigenvalue weighted by molar-refractivity contribution is -0.140. The summed E-state index contributed by atoms with van der Waals surface area (Å²) in [6, 6.07) is -1.06. The topological polar surface area (TPSA) is 111 Å². The van der Waals surface area contributed by atoms with Crippen LogP contribution in [0.3, 0.4) is 0 Å². The van der Waals surface area contributed by atoms with Crippen molar-refractivity contribution in [3.8, 4) is 12.3 Å². The molecule has 0 heterocycles. The normalized spacial score (nSPS) is 11.2. The molecule has 1 atom stereocenters. The Morgan fingerprint density at radius 1 is 1.56 bits per heavy atom. The van der Waals surface area contributed by atoms with Crippen LogP contribution < -0.4 is 11.1 Å². The van der Waals surface area contributed by atoms with E-state index in [1.165, 1.54) is 0 Å². The fourth-order valence-corrected chi connectivity index (χ4v) is 0.665. The van der Waals surface area contributed by atoms with Gasteiger partial charge in [0.1, 0.15) is 6.04 Å². The van der Waals surface area contributed by atoms with Crippen LogP contribution in [0.2, 0.25) is 0 Å². The number of carbonyl (C=O) groups excluding carboxylic acids is 1. The van der Waals surface area contributed by atoms with Crippen molar-refractivity contribution in [3.63, 3.8) is 0 Å². The van der Waals surface area contributed by atoms with Gasteiger partial charge in [0, 0.05) is 6.54 Å². The van der Waals surface area contributed by atoms with Crippen molar-refractivity contribution < 1.29 is 24.2 Å². The molecule has 0 aliphatic heterocycles. The van der Waals surface area contributed by atoms with E-state index in [0.717, 1.165) is 0 Å². The second kappa shape index (κ2) is 8.52. The van der Waals surface area contributed by atoms with Crippen LogP contribution in [0.5, 0.6) is 0 Å². The molecule has 0 radical (unpaired) electrons. The molecule has 7 heteroatoms. The number of terminal acetylenes is 1. The fourth-order valence-electron chi connectivity index (χ4n) is 0.665. The standard InChI is InChI=1S/C9H14N2O5/c1-2-4-16-9(14)11-3-5-15-6-7(10)8(12)13/h1,7H,3-6,10H2,(H,11,14)(H,12,13)/t7-/m0/s1. The van der Waals surface area contributed by atoms with Gasteiger partial charge in [-0.1, -0.05) is 5.92 Å². The molecule has 0 bridgehead atoms. The quantitative estimate of drug-likeness (QED) is 0.373. The molecule has 0 saturated heterocycles. The van der Waals surface area contributed by atoms with E-state index in [2.05, 4.69) is 16.0 Å². The molecule has 16 heavy (non-hydrogen) atoms. The van der Waals surface area contributed by atoms with Gasteiger partial charge in [-0.25, -0.2) is 4.79 Å². The highest BCUT2D eigenvalue weighted by Gasteiger charge is 2.10. The maximum absolute atomic E-state index is 10.8. The number of amides is 1. The van der Waals surface area contributed by atoms with E-state index < -0.39 is 18.1 Å². The third-order valence-electron chi connectivity index (χ3n) is 1.42. The van der Waals surface area contributed by atoms with Crippen LogP contribution in [0.4, 0.5) is 4.79 Å². The molecule has 0 spiro atoms. The van der Waals surface area contributed by atoms with Gasteiger partial charge in [-0.2, -0.15) is 0 Å². The number of carbonyl (C=O) groups is 2. The Balaban J connectivity index is 3.37. The van der Waals surface area contributed by atoms with Gasteiger partial charge in [-0.15, -0.1) is 6.42 Å². The van der Waals surface area contributed by atoms with Crippen molar-refractivity contribution in [3.05, 3.63) is 0 Å². The zero-order chi connectivity index (χ0) is 12.4. The predicted octanol–water partition coefficient (Wildman–Crippen LogP) is -1.23. The number of carboxylic acids is 1. The lowest BCUT2D eigenvalue weighted by Gasteiger charge is -2.08. The fraction of sp³-hybridized carbons (Fsp3) is 0.556. The number of ether oxygens (including phenoxy) is 2. The molecular weight excluding hydrogens is 216 g/mol. The summed E-state index contributed by atoms with van der Waals surface area (Å²) in [4.78, 5) is 21.1. The van der Waals surface area contributed by atoms with Gasteiger partial charge in [0.05, 0.1) is 13.2 Å².